The van der Waals surface area contributed by atoms with Crippen molar-refractivity contribution in [3.8, 4) is 11.8 Å². The van der Waals surface area contributed by atoms with Crippen LogP contribution in [0.25, 0.3) is 5.70 Å². The van der Waals surface area contributed by atoms with Crippen molar-refractivity contribution in [1.29, 1.82) is 5.26 Å². The van der Waals surface area contributed by atoms with E-state index in [1.807, 2.05) is 19.9 Å². The van der Waals surface area contributed by atoms with E-state index in [4.69, 9.17) is 15.1 Å². The van der Waals surface area contributed by atoms with Gasteiger partial charge in [0, 0.05) is 11.8 Å². The Labute approximate surface area is 137 Å². The normalized spacial score (nSPS) is 14.8. The fourth-order valence-corrected chi connectivity index (χ4v) is 2.65. The molecule has 0 spiro atoms. The number of aromatic nitrogens is 1. The van der Waals surface area contributed by atoms with Crippen molar-refractivity contribution in [2.75, 3.05) is 0 Å². The Kier molecular flexibility index (Phi) is 3.49. The minimum Gasteiger partial charge on any atom is -0.483 e. The maximum atomic E-state index is 12.5. The molecule has 0 aliphatic carbocycles. The lowest BCUT2D eigenvalue weighted by molar-refractivity contribution is 0.0694. The first-order valence-electron chi connectivity index (χ1n) is 7.24. The Hall–Kier alpha value is -3.33. The van der Waals surface area contributed by atoms with Crippen molar-refractivity contribution >= 4 is 11.7 Å². The third-order valence-corrected chi connectivity index (χ3v) is 3.68. The van der Waals surface area contributed by atoms with Crippen molar-refractivity contribution in [3.05, 3.63) is 69.6 Å². The van der Waals surface area contributed by atoms with Crippen molar-refractivity contribution < 1.29 is 14.6 Å². The monoisotopic (exact) mass is 322 g/mol. The quantitative estimate of drug-likeness (QED) is 0.917. The number of hydrogen-bond acceptors (Lipinski definition) is 4. The van der Waals surface area contributed by atoms with Gasteiger partial charge < -0.3 is 9.84 Å². The summed E-state index contributed by atoms with van der Waals surface area (Å²) in [7, 11) is 0. The molecule has 0 radical (unpaired) electrons. The molecule has 0 atom stereocenters. The average Bonchev–Trinajstić information content (AvgIpc) is 2.53. The summed E-state index contributed by atoms with van der Waals surface area (Å²) in [4.78, 5) is 23.8. The zero-order valence-electron chi connectivity index (χ0n) is 13.1. The van der Waals surface area contributed by atoms with E-state index in [0.717, 1.165) is 0 Å². The maximum absolute atomic E-state index is 12.5. The molecule has 3 rings (SSSR count). The zero-order valence-corrected chi connectivity index (χ0v) is 13.1. The van der Waals surface area contributed by atoms with E-state index in [1.165, 1.54) is 22.9 Å². The van der Waals surface area contributed by atoms with E-state index in [9.17, 15) is 9.59 Å². The minimum atomic E-state index is -1.28. The smallest absolute Gasteiger partial charge is 0.341 e. The van der Waals surface area contributed by atoms with Gasteiger partial charge in [-0.1, -0.05) is 0 Å². The fourth-order valence-electron chi connectivity index (χ4n) is 2.65. The van der Waals surface area contributed by atoms with Gasteiger partial charge >= 0.3 is 5.97 Å². The first-order valence-corrected chi connectivity index (χ1v) is 7.24. The highest BCUT2D eigenvalue weighted by atomic mass is 16.5. The topological polar surface area (TPSA) is 92.3 Å². The number of rotatable bonds is 2. The molecule has 6 heteroatoms. The van der Waals surface area contributed by atoms with Crippen LogP contribution in [0.15, 0.2) is 47.4 Å². The van der Waals surface area contributed by atoms with E-state index in [1.54, 1.807) is 24.3 Å². The summed E-state index contributed by atoms with van der Waals surface area (Å²) in [5, 5.41) is 18.3. The van der Waals surface area contributed by atoms with Crippen LogP contribution in [0.1, 0.15) is 35.3 Å². The van der Waals surface area contributed by atoms with Crippen LogP contribution in [0, 0.1) is 11.3 Å². The van der Waals surface area contributed by atoms with Crippen LogP contribution >= 0.6 is 0 Å². The maximum Gasteiger partial charge on any atom is 0.341 e. The second-order valence-corrected chi connectivity index (χ2v) is 5.96. The van der Waals surface area contributed by atoms with Gasteiger partial charge in [-0.05, 0) is 50.3 Å². The predicted octanol–water partition coefficient (Wildman–Crippen LogP) is 2.48. The number of carbonyl (C=O) groups is 1. The van der Waals surface area contributed by atoms with Gasteiger partial charge in [-0.3, -0.25) is 9.36 Å². The van der Waals surface area contributed by atoms with Crippen molar-refractivity contribution in [3.63, 3.8) is 0 Å². The lowest BCUT2D eigenvalue weighted by atomic mass is 9.97. The largest absolute Gasteiger partial charge is 0.483 e. The van der Waals surface area contributed by atoms with Crippen LogP contribution in [0.2, 0.25) is 0 Å². The summed E-state index contributed by atoms with van der Waals surface area (Å²) in [6.45, 7) is 3.67. The highest BCUT2D eigenvalue weighted by Gasteiger charge is 2.28. The highest BCUT2D eigenvalue weighted by molar-refractivity contribution is 5.87. The molecule has 2 aromatic rings. The summed E-state index contributed by atoms with van der Waals surface area (Å²) in [6, 6.07) is 9.74. The van der Waals surface area contributed by atoms with Crippen LogP contribution in [-0.4, -0.2) is 21.2 Å². The Balaban J connectivity index is 2.30. The molecule has 0 unspecified atom stereocenters. The number of aromatic carboxylic acids is 1. The molecule has 1 aromatic heterocycles. The number of nitrogens with zero attached hydrogens (tertiary/aromatic N) is 2. The van der Waals surface area contributed by atoms with Gasteiger partial charge in [0.25, 0.3) is 5.56 Å². The van der Waals surface area contributed by atoms with Crippen molar-refractivity contribution in [2.24, 2.45) is 0 Å². The summed E-state index contributed by atoms with van der Waals surface area (Å²) >= 11 is 0. The molecule has 0 amide bonds. The van der Waals surface area contributed by atoms with E-state index >= 15 is 0 Å². The number of benzene rings is 1. The molecular formula is C18H14N2O4. The molecule has 1 aliphatic heterocycles. The van der Waals surface area contributed by atoms with Gasteiger partial charge in [-0.2, -0.15) is 5.26 Å². The first-order chi connectivity index (χ1) is 11.3. The van der Waals surface area contributed by atoms with Gasteiger partial charge in [0.05, 0.1) is 17.3 Å². The SMILES string of the molecule is CC1(C)C=C(n2cccc(C(=O)O)c2=O)c2cc(C#N)ccc2O1. The van der Waals surface area contributed by atoms with Crippen LogP contribution < -0.4 is 10.3 Å². The lowest BCUT2D eigenvalue weighted by Gasteiger charge is -2.31. The lowest BCUT2D eigenvalue weighted by Crippen LogP contribution is -2.33. The number of carboxylic acid groups (broad SMARTS) is 1. The molecule has 1 N–H and O–H groups in total. The molecule has 1 aromatic carbocycles. The summed E-state index contributed by atoms with van der Waals surface area (Å²) in [5.41, 5.74) is -0.160. The zero-order chi connectivity index (χ0) is 17.5. The molecule has 0 saturated carbocycles. The van der Waals surface area contributed by atoms with Crippen molar-refractivity contribution in [2.45, 2.75) is 19.4 Å². The van der Waals surface area contributed by atoms with Crippen LogP contribution in [-0.2, 0) is 0 Å². The van der Waals surface area contributed by atoms with Crippen molar-refractivity contribution in [1.82, 2.24) is 4.57 Å². The predicted molar refractivity (Wildman–Crippen MR) is 86.9 cm³/mol. The van der Waals surface area contributed by atoms with Gasteiger partial charge in [0.15, 0.2) is 0 Å². The first kappa shape index (κ1) is 15.6. The standard InChI is InChI=1S/C18H14N2O4/c1-18(2)9-14(13-8-11(10-19)5-6-15(13)24-18)20-7-3-4-12(16(20)21)17(22)23/h3-9H,1-2H3,(H,22,23). The van der Waals surface area contributed by atoms with Crippen LogP contribution in [0.5, 0.6) is 5.75 Å². The van der Waals surface area contributed by atoms with Crippen LogP contribution in [0.4, 0.5) is 0 Å². The minimum absolute atomic E-state index is 0.319. The molecule has 24 heavy (non-hydrogen) atoms. The Morgan fingerprint density at radius 2 is 2.08 bits per heavy atom. The molecule has 2 heterocycles. The number of nitriles is 1. The molecule has 6 nitrogen and oxygen atoms in total. The fraction of sp³-hybridized carbons (Fsp3) is 0.167. The Bertz CT molecular complexity index is 977. The number of hydrogen-bond donors (Lipinski definition) is 1. The summed E-state index contributed by atoms with van der Waals surface area (Å²) in [5.74, 6) is -0.753. The molecule has 0 bridgehead atoms. The Morgan fingerprint density at radius 3 is 2.75 bits per heavy atom. The second-order valence-electron chi connectivity index (χ2n) is 5.96. The van der Waals surface area contributed by atoms with Gasteiger partial charge in [0.1, 0.15) is 16.9 Å². The molecule has 1 aliphatic rings. The summed E-state index contributed by atoms with van der Waals surface area (Å²) < 4.78 is 7.14. The van der Waals surface area contributed by atoms with Gasteiger partial charge in [-0.15, -0.1) is 0 Å². The summed E-state index contributed by atoms with van der Waals surface area (Å²) in [6.07, 6.45) is 3.24. The Morgan fingerprint density at radius 1 is 1.33 bits per heavy atom. The number of fused-ring (bicyclic) bond motifs is 1. The van der Waals surface area contributed by atoms with Crippen LogP contribution in [0.3, 0.4) is 0 Å². The van der Waals surface area contributed by atoms with E-state index in [-0.39, 0.29) is 5.56 Å². The van der Waals surface area contributed by atoms with E-state index < -0.39 is 17.1 Å². The third kappa shape index (κ3) is 2.57. The number of pyridine rings is 1. The van der Waals surface area contributed by atoms with Gasteiger partial charge in [-0.25, -0.2) is 4.79 Å². The average molecular weight is 322 g/mol. The molecule has 0 saturated heterocycles. The second kappa shape index (κ2) is 5.39. The van der Waals surface area contributed by atoms with Gasteiger partial charge in [0.2, 0.25) is 0 Å². The molecular weight excluding hydrogens is 308 g/mol. The number of carboxylic acids is 1. The highest BCUT2D eigenvalue weighted by Crippen LogP contribution is 2.36. The van der Waals surface area contributed by atoms with E-state index in [2.05, 4.69) is 0 Å². The number of ether oxygens (including phenoxy) is 1. The van der Waals surface area contributed by atoms with E-state index in [0.29, 0.717) is 22.6 Å². The molecule has 0 fully saturated rings. The third-order valence-electron chi connectivity index (χ3n) is 3.68. The molecule has 120 valence electrons.